The maximum atomic E-state index is 2.68. The van der Waals surface area contributed by atoms with Gasteiger partial charge in [0.25, 0.3) is 0 Å². The summed E-state index contributed by atoms with van der Waals surface area (Å²) in [6.07, 6.45) is 2.58. The molecule has 2 unspecified atom stereocenters. The molecule has 0 aliphatic heterocycles. The third-order valence-corrected chi connectivity index (χ3v) is 15.5. The van der Waals surface area contributed by atoms with E-state index in [0.29, 0.717) is 17.0 Å². The number of fused-ring (bicyclic) bond motifs is 2. The van der Waals surface area contributed by atoms with Crippen molar-refractivity contribution in [2.75, 3.05) is 0 Å². The van der Waals surface area contributed by atoms with Crippen LogP contribution in [0.5, 0.6) is 0 Å². The zero-order valence-corrected chi connectivity index (χ0v) is 31.4. The minimum atomic E-state index is -2.01. The Balaban J connectivity index is 1.45. The van der Waals surface area contributed by atoms with Crippen LogP contribution in [-0.4, -0.2) is 8.07 Å². The smallest absolute Gasteiger partial charge is 0.0679 e. The van der Waals surface area contributed by atoms with Gasteiger partial charge in [0.05, 0.1) is 8.07 Å². The third-order valence-electron chi connectivity index (χ3n) is 11.2. The molecular weight excluding hydrogens is 569 g/mol. The van der Waals surface area contributed by atoms with Crippen molar-refractivity contribution in [3.05, 3.63) is 129 Å². The Labute approximate surface area is 280 Å². The molecule has 2 atom stereocenters. The molecule has 2 aliphatic carbocycles. The molecule has 0 amide bonds. The van der Waals surface area contributed by atoms with Crippen LogP contribution in [0.15, 0.2) is 96.1 Å². The standard InChI is InChI=1S/C45H54Si/c1-28(2)39-27-40-35(31-19-23-33(24-20-31)44(5,6)7)15-13-17-37(40)43(39)46(11,12)42-30(4)29(3)41-36(16-14-18-38(41)42)32-21-25-34(26-22-32)45(8,9)10/h13-28,42-43H,1-12H3. The molecule has 4 aromatic carbocycles. The Morgan fingerprint density at radius 2 is 1.07 bits per heavy atom. The van der Waals surface area contributed by atoms with Crippen LogP contribution in [0.25, 0.3) is 33.9 Å². The Morgan fingerprint density at radius 3 is 1.57 bits per heavy atom. The van der Waals surface area contributed by atoms with E-state index in [0.717, 1.165) is 0 Å². The van der Waals surface area contributed by atoms with Gasteiger partial charge in [-0.3, -0.25) is 0 Å². The molecule has 2 aliphatic rings. The molecule has 0 spiro atoms. The number of hydrogen-bond donors (Lipinski definition) is 0. The zero-order valence-electron chi connectivity index (χ0n) is 30.4. The van der Waals surface area contributed by atoms with Gasteiger partial charge in [0.15, 0.2) is 0 Å². The van der Waals surface area contributed by atoms with Crippen LogP contribution in [-0.2, 0) is 10.8 Å². The highest BCUT2D eigenvalue weighted by molar-refractivity contribution is 6.82. The fourth-order valence-electron chi connectivity index (χ4n) is 8.55. The van der Waals surface area contributed by atoms with E-state index in [2.05, 4.69) is 173 Å². The summed E-state index contributed by atoms with van der Waals surface area (Å²) in [6, 6.07) is 32.9. The minimum Gasteiger partial charge on any atom is -0.0679 e. The summed E-state index contributed by atoms with van der Waals surface area (Å²) >= 11 is 0. The number of rotatable bonds is 5. The molecule has 46 heavy (non-hydrogen) atoms. The van der Waals surface area contributed by atoms with E-state index in [1.807, 2.05) is 0 Å². The largest absolute Gasteiger partial charge is 0.0722 e. The van der Waals surface area contributed by atoms with Gasteiger partial charge in [-0.15, -0.1) is 0 Å². The first-order chi connectivity index (χ1) is 21.5. The number of allylic oxidation sites excluding steroid dienone is 3. The molecule has 0 fully saturated rings. The lowest BCUT2D eigenvalue weighted by Gasteiger charge is -2.40. The van der Waals surface area contributed by atoms with Crippen molar-refractivity contribution in [1.82, 2.24) is 0 Å². The molecule has 0 N–H and O–H groups in total. The maximum absolute atomic E-state index is 2.68. The van der Waals surface area contributed by atoms with E-state index in [-0.39, 0.29) is 10.8 Å². The van der Waals surface area contributed by atoms with Crippen LogP contribution in [0.3, 0.4) is 0 Å². The first kappa shape index (κ1) is 32.5. The van der Waals surface area contributed by atoms with Gasteiger partial charge in [-0.05, 0) is 91.8 Å². The predicted octanol–water partition coefficient (Wildman–Crippen LogP) is 13.1. The SMILES string of the molecule is CC1=C(C)C([Si](C)(C)C2C(C(C)C)=Cc3c(-c4ccc(C(C)(C)C)cc4)cccc32)c2cccc(-c3ccc(C(C)(C)C)cc3)c21. The van der Waals surface area contributed by atoms with Crippen molar-refractivity contribution >= 4 is 19.7 Å². The summed E-state index contributed by atoms with van der Waals surface area (Å²) in [5.41, 5.74) is 20.2. The summed E-state index contributed by atoms with van der Waals surface area (Å²) < 4.78 is 0. The fraction of sp³-hybridized carbons (Fsp3) is 0.378. The van der Waals surface area contributed by atoms with E-state index >= 15 is 0 Å². The highest BCUT2D eigenvalue weighted by Gasteiger charge is 2.49. The Hall–Kier alpha value is -3.42. The van der Waals surface area contributed by atoms with Crippen LogP contribution in [0.4, 0.5) is 0 Å². The van der Waals surface area contributed by atoms with Crippen LogP contribution >= 0.6 is 0 Å². The summed E-state index contributed by atoms with van der Waals surface area (Å²) in [4.78, 5) is 0. The van der Waals surface area contributed by atoms with Gasteiger partial charge in [-0.2, -0.15) is 0 Å². The lowest BCUT2D eigenvalue weighted by molar-refractivity contribution is 0.590. The molecule has 0 heterocycles. The van der Waals surface area contributed by atoms with Crippen molar-refractivity contribution in [3.63, 3.8) is 0 Å². The van der Waals surface area contributed by atoms with Crippen molar-refractivity contribution in [1.29, 1.82) is 0 Å². The van der Waals surface area contributed by atoms with Crippen molar-refractivity contribution in [3.8, 4) is 22.3 Å². The Morgan fingerprint density at radius 1 is 0.587 bits per heavy atom. The summed E-state index contributed by atoms with van der Waals surface area (Å²) in [5, 5.41) is 0. The van der Waals surface area contributed by atoms with Gasteiger partial charge < -0.3 is 0 Å². The second kappa shape index (κ2) is 11.4. The summed E-state index contributed by atoms with van der Waals surface area (Å²) in [7, 11) is -2.01. The second-order valence-corrected chi connectivity index (χ2v) is 21.8. The van der Waals surface area contributed by atoms with Crippen LogP contribution < -0.4 is 0 Å². The van der Waals surface area contributed by atoms with Gasteiger partial charge in [0.2, 0.25) is 0 Å². The lowest BCUT2D eigenvalue weighted by atomic mass is 9.85. The van der Waals surface area contributed by atoms with E-state index in [4.69, 9.17) is 0 Å². The second-order valence-electron chi connectivity index (χ2n) is 17.0. The topological polar surface area (TPSA) is 0 Å². The Bertz CT molecular complexity index is 1840. The molecule has 238 valence electrons. The fourth-order valence-corrected chi connectivity index (χ4v) is 13.6. The van der Waals surface area contributed by atoms with Gasteiger partial charge in [-0.25, -0.2) is 0 Å². The summed E-state index contributed by atoms with van der Waals surface area (Å²) in [6.45, 7) is 28.7. The lowest BCUT2D eigenvalue weighted by Crippen LogP contribution is -2.43. The van der Waals surface area contributed by atoms with E-state index in [9.17, 15) is 0 Å². The first-order valence-electron chi connectivity index (χ1n) is 17.4. The average molecular weight is 623 g/mol. The number of hydrogen-bond acceptors (Lipinski definition) is 0. The number of benzene rings is 4. The van der Waals surface area contributed by atoms with Gasteiger partial charge >= 0.3 is 0 Å². The average Bonchev–Trinajstić information content (AvgIpc) is 3.53. The monoisotopic (exact) mass is 622 g/mol. The third kappa shape index (κ3) is 5.39. The predicted molar refractivity (Wildman–Crippen MR) is 205 cm³/mol. The van der Waals surface area contributed by atoms with E-state index in [1.54, 1.807) is 22.3 Å². The molecule has 6 rings (SSSR count). The molecule has 0 radical (unpaired) electrons. The van der Waals surface area contributed by atoms with Gasteiger partial charge in [0, 0.05) is 11.1 Å². The zero-order chi connectivity index (χ0) is 33.3. The normalized spacial score (nSPS) is 18.2. The quantitative estimate of drug-likeness (QED) is 0.194. The highest BCUT2D eigenvalue weighted by Crippen LogP contribution is 2.57. The Kier molecular flexibility index (Phi) is 8.04. The maximum Gasteiger partial charge on any atom is 0.0722 e. The molecule has 0 saturated carbocycles. The van der Waals surface area contributed by atoms with Crippen molar-refractivity contribution in [2.45, 2.75) is 104 Å². The van der Waals surface area contributed by atoms with E-state index < -0.39 is 8.07 Å². The van der Waals surface area contributed by atoms with Crippen molar-refractivity contribution in [2.24, 2.45) is 5.92 Å². The summed E-state index contributed by atoms with van der Waals surface area (Å²) in [5.74, 6) is 0.499. The highest BCUT2D eigenvalue weighted by atomic mass is 28.3. The molecule has 4 aromatic rings. The van der Waals surface area contributed by atoms with Gasteiger partial charge in [0.1, 0.15) is 0 Å². The molecule has 1 heteroatoms. The van der Waals surface area contributed by atoms with Crippen LogP contribution in [0, 0.1) is 5.92 Å². The molecule has 0 nitrogen and oxygen atoms in total. The molecule has 0 saturated heterocycles. The van der Waals surface area contributed by atoms with Gasteiger partial charge in [-0.1, -0.05) is 171 Å². The van der Waals surface area contributed by atoms with Crippen molar-refractivity contribution < 1.29 is 0 Å². The molecular formula is C45H54Si. The van der Waals surface area contributed by atoms with E-state index in [1.165, 1.54) is 50.1 Å². The minimum absolute atomic E-state index is 0.152. The molecule has 0 bridgehead atoms. The first-order valence-corrected chi connectivity index (χ1v) is 20.5. The molecule has 0 aromatic heterocycles. The van der Waals surface area contributed by atoms with Crippen LogP contribution in [0.2, 0.25) is 13.1 Å². The van der Waals surface area contributed by atoms with Crippen LogP contribution in [0.1, 0.15) is 114 Å².